The first-order chi connectivity index (χ1) is 9.77. The number of aliphatic hydroxyl groups excluding tert-OH is 1. The Kier molecular flexibility index (Phi) is 16.1. The molecule has 1 atom stereocenters. The molecule has 2 heteroatoms. The molecular weight excluding hydrogens is 268 g/mol. The number of alkyl halides is 1. The maximum atomic E-state index is 8.89. The Morgan fingerprint density at radius 2 is 1.30 bits per heavy atom. The van der Waals surface area contributed by atoms with Gasteiger partial charge in [-0.25, -0.2) is 0 Å². The lowest BCUT2D eigenvalue weighted by Gasteiger charge is -1.99. The van der Waals surface area contributed by atoms with Crippen LogP contribution in [0.2, 0.25) is 0 Å². The van der Waals surface area contributed by atoms with Crippen molar-refractivity contribution in [2.75, 3.05) is 0 Å². The number of rotatable bonds is 13. The summed E-state index contributed by atoms with van der Waals surface area (Å²) in [6.45, 7) is 2.24. The van der Waals surface area contributed by atoms with Crippen LogP contribution < -0.4 is 0 Å². The van der Waals surface area contributed by atoms with Gasteiger partial charge in [0, 0.05) is 0 Å². The minimum atomic E-state index is -0.669. The van der Waals surface area contributed by atoms with Gasteiger partial charge in [0.2, 0.25) is 0 Å². The zero-order chi connectivity index (χ0) is 14.9. The monoisotopic (exact) mass is 298 g/mol. The summed E-state index contributed by atoms with van der Waals surface area (Å²) in [6, 6.07) is 0. The van der Waals surface area contributed by atoms with E-state index in [1.165, 1.54) is 25.7 Å². The zero-order valence-electron chi connectivity index (χ0n) is 12.9. The number of hydrogen-bond acceptors (Lipinski definition) is 1. The second-order valence-corrected chi connectivity index (χ2v) is 5.60. The summed E-state index contributed by atoms with van der Waals surface area (Å²) >= 11 is 5.46. The van der Waals surface area contributed by atoms with Crippen LogP contribution in [0.1, 0.15) is 71.1 Å². The van der Waals surface area contributed by atoms with Crippen LogP contribution in [-0.2, 0) is 0 Å². The minimum absolute atomic E-state index is 0.669. The molecule has 0 rings (SSSR count). The molecule has 0 aromatic heterocycles. The van der Waals surface area contributed by atoms with Gasteiger partial charge in [-0.05, 0) is 51.4 Å². The maximum absolute atomic E-state index is 8.89. The Labute approximate surface area is 130 Å². The summed E-state index contributed by atoms with van der Waals surface area (Å²) in [5, 5.41) is 8.89. The van der Waals surface area contributed by atoms with Crippen LogP contribution in [0.5, 0.6) is 0 Å². The first-order valence-corrected chi connectivity index (χ1v) is 8.48. The second kappa shape index (κ2) is 16.5. The van der Waals surface area contributed by atoms with Gasteiger partial charge in [-0.3, -0.25) is 0 Å². The molecule has 1 nitrogen and oxygen atoms in total. The molecule has 0 spiro atoms. The Balaban J connectivity index is 3.30. The highest BCUT2D eigenvalue weighted by molar-refractivity contribution is 6.19. The van der Waals surface area contributed by atoms with Gasteiger partial charge in [0.25, 0.3) is 0 Å². The summed E-state index contributed by atoms with van der Waals surface area (Å²) in [7, 11) is 0. The van der Waals surface area contributed by atoms with E-state index in [9.17, 15) is 0 Å². The van der Waals surface area contributed by atoms with E-state index in [1.807, 2.05) is 0 Å². The quantitative estimate of drug-likeness (QED) is 0.246. The molecule has 0 aliphatic heterocycles. The molecule has 0 aliphatic rings. The summed E-state index contributed by atoms with van der Waals surface area (Å²) in [4.78, 5) is 0. The van der Waals surface area contributed by atoms with Crippen LogP contribution in [0.3, 0.4) is 0 Å². The standard InChI is InChI=1S/C18H31ClO/c1-2-3-4-5-6-7-8-9-10-11-12-13-14-15-16-17-18(19)20/h6-7,9-10,12-13,18,20H,2-5,8,11,14-17H2,1H3/b7-6-,10-9-,13-12-. The third-order valence-electron chi connectivity index (χ3n) is 3.08. The van der Waals surface area contributed by atoms with Crippen molar-refractivity contribution in [3.8, 4) is 0 Å². The van der Waals surface area contributed by atoms with Crippen LogP contribution in [0.4, 0.5) is 0 Å². The molecule has 0 amide bonds. The molecular formula is C18H31ClO. The van der Waals surface area contributed by atoms with Gasteiger partial charge < -0.3 is 5.11 Å². The number of halogens is 1. The maximum Gasteiger partial charge on any atom is 0.128 e. The fourth-order valence-electron chi connectivity index (χ4n) is 1.86. The Hall–Kier alpha value is -0.530. The van der Waals surface area contributed by atoms with Crippen molar-refractivity contribution >= 4 is 11.6 Å². The lowest BCUT2D eigenvalue weighted by molar-refractivity contribution is 0.241. The van der Waals surface area contributed by atoms with Crippen molar-refractivity contribution in [2.45, 2.75) is 76.7 Å². The topological polar surface area (TPSA) is 20.2 Å². The SMILES string of the molecule is CCCCC/C=C\C/C=C\C/C=C\CCCCC(O)Cl. The molecule has 0 fully saturated rings. The largest absolute Gasteiger partial charge is 0.378 e. The van der Waals surface area contributed by atoms with Crippen LogP contribution in [0.25, 0.3) is 0 Å². The van der Waals surface area contributed by atoms with Crippen molar-refractivity contribution in [1.82, 2.24) is 0 Å². The zero-order valence-corrected chi connectivity index (χ0v) is 13.7. The molecule has 0 bridgehead atoms. The second-order valence-electron chi connectivity index (χ2n) is 5.10. The van der Waals surface area contributed by atoms with E-state index in [2.05, 4.69) is 43.4 Å². The smallest absolute Gasteiger partial charge is 0.128 e. The van der Waals surface area contributed by atoms with Crippen molar-refractivity contribution < 1.29 is 5.11 Å². The van der Waals surface area contributed by atoms with Gasteiger partial charge in [-0.2, -0.15) is 0 Å². The van der Waals surface area contributed by atoms with Gasteiger partial charge in [0.15, 0.2) is 0 Å². The van der Waals surface area contributed by atoms with E-state index in [-0.39, 0.29) is 0 Å². The summed E-state index contributed by atoms with van der Waals surface area (Å²) in [5.74, 6) is 0. The molecule has 1 N–H and O–H groups in total. The molecule has 1 unspecified atom stereocenters. The summed E-state index contributed by atoms with van der Waals surface area (Å²) in [5.41, 5.74) is -0.669. The van der Waals surface area contributed by atoms with Crippen molar-refractivity contribution in [3.63, 3.8) is 0 Å². The molecule has 0 saturated carbocycles. The summed E-state index contributed by atoms with van der Waals surface area (Å²) < 4.78 is 0. The van der Waals surface area contributed by atoms with Gasteiger partial charge in [0.1, 0.15) is 5.56 Å². The molecule has 0 saturated heterocycles. The molecule has 0 heterocycles. The molecule has 0 aromatic rings. The Bertz CT molecular complexity index is 267. The van der Waals surface area contributed by atoms with Crippen molar-refractivity contribution in [1.29, 1.82) is 0 Å². The molecule has 0 radical (unpaired) electrons. The Morgan fingerprint density at radius 3 is 1.80 bits per heavy atom. The van der Waals surface area contributed by atoms with E-state index >= 15 is 0 Å². The van der Waals surface area contributed by atoms with E-state index in [0.717, 1.165) is 32.1 Å². The van der Waals surface area contributed by atoms with Crippen molar-refractivity contribution in [2.24, 2.45) is 0 Å². The molecule has 116 valence electrons. The third-order valence-corrected chi connectivity index (χ3v) is 3.30. The van der Waals surface area contributed by atoms with E-state index in [0.29, 0.717) is 6.42 Å². The predicted octanol–water partition coefficient (Wildman–Crippen LogP) is 6.13. The van der Waals surface area contributed by atoms with Crippen LogP contribution >= 0.6 is 11.6 Å². The average Bonchev–Trinajstić information content (AvgIpc) is 2.43. The van der Waals surface area contributed by atoms with E-state index in [1.54, 1.807) is 0 Å². The normalized spacial score (nSPS) is 13.9. The van der Waals surface area contributed by atoms with Crippen LogP contribution in [0.15, 0.2) is 36.5 Å². The third kappa shape index (κ3) is 17.5. The van der Waals surface area contributed by atoms with E-state index < -0.39 is 5.56 Å². The first-order valence-electron chi connectivity index (χ1n) is 8.04. The molecule has 0 aliphatic carbocycles. The molecule has 20 heavy (non-hydrogen) atoms. The number of hydrogen-bond donors (Lipinski definition) is 1. The minimum Gasteiger partial charge on any atom is -0.378 e. The van der Waals surface area contributed by atoms with Gasteiger partial charge in [0.05, 0.1) is 0 Å². The van der Waals surface area contributed by atoms with Gasteiger partial charge in [-0.1, -0.05) is 67.8 Å². The Morgan fingerprint density at radius 1 is 0.800 bits per heavy atom. The highest BCUT2D eigenvalue weighted by atomic mass is 35.5. The van der Waals surface area contributed by atoms with Crippen LogP contribution in [0, 0.1) is 0 Å². The number of allylic oxidation sites excluding steroid dienone is 6. The predicted molar refractivity (Wildman–Crippen MR) is 91.1 cm³/mol. The molecule has 0 aromatic carbocycles. The fraction of sp³-hybridized carbons (Fsp3) is 0.667. The summed E-state index contributed by atoms with van der Waals surface area (Å²) in [6.07, 6.45) is 24.5. The number of aliphatic hydroxyl groups is 1. The lowest BCUT2D eigenvalue weighted by Crippen LogP contribution is -1.93. The van der Waals surface area contributed by atoms with Crippen LogP contribution in [-0.4, -0.2) is 10.7 Å². The fourth-order valence-corrected chi connectivity index (χ4v) is 2.02. The van der Waals surface area contributed by atoms with E-state index in [4.69, 9.17) is 16.7 Å². The highest BCUT2D eigenvalue weighted by Gasteiger charge is 1.95. The van der Waals surface area contributed by atoms with Gasteiger partial charge in [-0.15, -0.1) is 0 Å². The first kappa shape index (κ1) is 19.5. The average molecular weight is 299 g/mol. The van der Waals surface area contributed by atoms with Gasteiger partial charge >= 0.3 is 0 Å². The van der Waals surface area contributed by atoms with Crippen molar-refractivity contribution in [3.05, 3.63) is 36.5 Å². The highest BCUT2D eigenvalue weighted by Crippen LogP contribution is 2.07. The lowest BCUT2D eigenvalue weighted by atomic mass is 10.2. The number of unbranched alkanes of at least 4 members (excludes halogenated alkanes) is 5.